The Hall–Kier alpha value is -0.370. The van der Waals surface area contributed by atoms with Crippen molar-refractivity contribution in [1.82, 2.24) is 0 Å². The average Bonchev–Trinajstić information content (AvgIpc) is 2.00. The lowest BCUT2D eigenvalue weighted by atomic mass is 9.62. The molecule has 0 bridgehead atoms. The van der Waals surface area contributed by atoms with Crippen molar-refractivity contribution in [3.05, 3.63) is 0 Å². The molecular formula is C8H14O2. The van der Waals surface area contributed by atoms with Gasteiger partial charge in [0.1, 0.15) is 5.60 Å². The highest BCUT2D eigenvalue weighted by molar-refractivity contribution is 5.95. The summed E-state index contributed by atoms with van der Waals surface area (Å²) in [5.74, 6) is 0.789. The summed E-state index contributed by atoms with van der Waals surface area (Å²) >= 11 is 0. The molecule has 0 amide bonds. The van der Waals surface area contributed by atoms with Crippen molar-refractivity contribution < 1.29 is 9.53 Å². The lowest BCUT2D eigenvalue weighted by Crippen LogP contribution is -2.60. The summed E-state index contributed by atoms with van der Waals surface area (Å²) in [7, 11) is 1.60. The second-order valence-electron chi connectivity index (χ2n) is 3.25. The Bertz CT molecular complexity index is 165. The molecule has 0 aromatic heterocycles. The molecule has 0 aromatic rings. The van der Waals surface area contributed by atoms with Crippen LogP contribution < -0.4 is 0 Å². The van der Waals surface area contributed by atoms with Gasteiger partial charge in [0.25, 0.3) is 0 Å². The largest absolute Gasteiger partial charge is 0.370 e. The summed E-state index contributed by atoms with van der Waals surface area (Å²) in [5, 5.41) is 0. The molecule has 0 aliphatic heterocycles. The number of hydrogen-bond acceptors (Lipinski definition) is 2. The molecule has 58 valence electrons. The van der Waals surface area contributed by atoms with Crippen LogP contribution in [0.2, 0.25) is 0 Å². The molecular weight excluding hydrogens is 128 g/mol. The Morgan fingerprint density at radius 1 is 1.50 bits per heavy atom. The normalized spacial score (nSPS) is 47.0. The molecule has 0 unspecified atom stereocenters. The zero-order valence-electron chi connectivity index (χ0n) is 6.97. The molecule has 0 spiro atoms. The molecule has 1 saturated carbocycles. The quantitative estimate of drug-likeness (QED) is 0.550. The lowest BCUT2D eigenvalue weighted by molar-refractivity contribution is -0.175. The number of rotatable bonds is 1. The Kier molecular flexibility index (Phi) is 1.59. The summed E-state index contributed by atoms with van der Waals surface area (Å²) in [6.07, 6.45) is 0. The van der Waals surface area contributed by atoms with E-state index in [1.165, 1.54) is 0 Å². The maximum Gasteiger partial charge on any atom is 0.167 e. The maximum absolute atomic E-state index is 11.2. The lowest BCUT2D eigenvalue weighted by Gasteiger charge is -2.47. The van der Waals surface area contributed by atoms with Crippen molar-refractivity contribution in [2.75, 3.05) is 7.11 Å². The SMILES string of the molecule is CO[C@]1(C)C(=O)[C@@H](C)[C@@H]1C. The molecule has 0 aromatic carbocycles. The first-order valence-electron chi connectivity index (χ1n) is 3.63. The monoisotopic (exact) mass is 142 g/mol. The van der Waals surface area contributed by atoms with Gasteiger partial charge in [0.15, 0.2) is 5.78 Å². The first-order chi connectivity index (χ1) is 4.54. The maximum atomic E-state index is 11.2. The van der Waals surface area contributed by atoms with Gasteiger partial charge in [-0.25, -0.2) is 0 Å². The van der Waals surface area contributed by atoms with Crippen molar-refractivity contribution in [2.45, 2.75) is 26.4 Å². The highest BCUT2D eigenvalue weighted by Crippen LogP contribution is 2.41. The van der Waals surface area contributed by atoms with Gasteiger partial charge in [0.05, 0.1) is 0 Å². The second kappa shape index (κ2) is 2.06. The standard InChI is InChI=1S/C8H14O2/c1-5-6(2)8(3,10-4)7(5)9/h5-6H,1-4H3/t5-,6-,8-/m0/s1. The van der Waals surface area contributed by atoms with Crippen LogP contribution in [0.1, 0.15) is 20.8 Å². The first-order valence-corrected chi connectivity index (χ1v) is 3.63. The molecule has 0 saturated heterocycles. The molecule has 1 aliphatic carbocycles. The summed E-state index contributed by atoms with van der Waals surface area (Å²) in [6, 6.07) is 0. The van der Waals surface area contributed by atoms with Crippen LogP contribution in [0.25, 0.3) is 0 Å². The van der Waals surface area contributed by atoms with Crippen LogP contribution >= 0.6 is 0 Å². The molecule has 0 heterocycles. The fourth-order valence-corrected chi connectivity index (χ4v) is 1.57. The van der Waals surface area contributed by atoms with Crippen LogP contribution in [-0.4, -0.2) is 18.5 Å². The Labute approximate surface area is 61.6 Å². The molecule has 0 N–H and O–H groups in total. The van der Waals surface area contributed by atoms with E-state index in [2.05, 4.69) is 6.92 Å². The van der Waals surface area contributed by atoms with Gasteiger partial charge in [0, 0.05) is 18.9 Å². The van der Waals surface area contributed by atoms with E-state index in [1.54, 1.807) is 7.11 Å². The molecule has 1 fully saturated rings. The van der Waals surface area contributed by atoms with E-state index in [1.807, 2.05) is 13.8 Å². The van der Waals surface area contributed by atoms with Crippen molar-refractivity contribution in [2.24, 2.45) is 11.8 Å². The van der Waals surface area contributed by atoms with Crippen molar-refractivity contribution in [1.29, 1.82) is 0 Å². The van der Waals surface area contributed by atoms with Gasteiger partial charge in [-0.1, -0.05) is 13.8 Å². The highest BCUT2D eigenvalue weighted by Gasteiger charge is 2.54. The van der Waals surface area contributed by atoms with Crippen LogP contribution in [0, 0.1) is 11.8 Å². The van der Waals surface area contributed by atoms with Crippen LogP contribution in [0.3, 0.4) is 0 Å². The molecule has 2 heteroatoms. The fraction of sp³-hybridized carbons (Fsp3) is 0.875. The van der Waals surface area contributed by atoms with E-state index < -0.39 is 5.60 Å². The average molecular weight is 142 g/mol. The summed E-state index contributed by atoms with van der Waals surface area (Å²) in [6.45, 7) is 5.86. The molecule has 1 rings (SSSR count). The number of ketones is 1. The van der Waals surface area contributed by atoms with Crippen molar-refractivity contribution in [3.8, 4) is 0 Å². The van der Waals surface area contributed by atoms with Gasteiger partial charge in [-0.3, -0.25) is 4.79 Å². The topological polar surface area (TPSA) is 26.3 Å². The fourth-order valence-electron chi connectivity index (χ4n) is 1.57. The zero-order valence-corrected chi connectivity index (χ0v) is 6.97. The first kappa shape index (κ1) is 7.73. The van der Waals surface area contributed by atoms with Crippen molar-refractivity contribution in [3.63, 3.8) is 0 Å². The van der Waals surface area contributed by atoms with E-state index in [4.69, 9.17) is 4.74 Å². The molecule has 10 heavy (non-hydrogen) atoms. The molecule has 2 nitrogen and oxygen atoms in total. The Morgan fingerprint density at radius 2 is 2.00 bits per heavy atom. The van der Waals surface area contributed by atoms with E-state index >= 15 is 0 Å². The number of Topliss-reactive ketones (excluding diaryl/α,β-unsaturated/α-hetero) is 1. The minimum absolute atomic E-state index is 0.185. The van der Waals surface area contributed by atoms with E-state index in [0.29, 0.717) is 5.92 Å². The molecule has 1 aliphatic rings. The van der Waals surface area contributed by atoms with Gasteiger partial charge in [-0.15, -0.1) is 0 Å². The van der Waals surface area contributed by atoms with Gasteiger partial charge >= 0.3 is 0 Å². The predicted octanol–water partition coefficient (Wildman–Crippen LogP) is 1.25. The molecule has 0 radical (unpaired) electrons. The number of ether oxygens (including phenoxy) is 1. The highest BCUT2D eigenvalue weighted by atomic mass is 16.5. The van der Waals surface area contributed by atoms with Gasteiger partial charge in [-0.2, -0.15) is 0 Å². The van der Waals surface area contributed by atoms with E-state index in [-0.39, 0.29) is 11.7 Å². The third kappa shape index (κ3) is 0.655. The van der Waals surface area contributed by atoms with Gasteiger partial charge < -0.3 is 4.74 Å². The number of carbonyl (C=O) groups is 1. The van der Waals surface area contributed by atoms with E-state index in [9.17, 15) is 4.79 Å². The summed E-state index contributed by atoms with van der Waals surface area (Å²) < 4.78 is 5.12. The van der Waals surface area contributed by atoms with Gasteiger partial charge in [-0.05, 0) is 6.92 Å². The van der Waals surface area contributed by atoms with Crippen LogP contribution in [0.5, 0.6) is 0 Å². The van der Waals surface area contributed by atoms with Crippen LogP contribution in [0.15, 0.2) is 0 Å². The summed E-state index contributed by atoms with van der Waals surface area (Å²) in [5.41, 5.74) is -0.487. The number of methoxy groups -OCH3 is 1. The van der Waals surface area contributed by atoms with Gasteiger partial charge in [0.2, 0.25) is 0 Å². The van der Waals surface area contributed by atoms with Crippen LogP contribution in [0.4, 0.5) is 0 Å². The third-order valence-corrected chi connectivity index (χ3v) is 2.95. The van der Waals surface area contributed by atoms with Crippen LogP contribution in [-0.2, 0) is 9.53 Å². The van der Waals surface area contributed by atoms with E-state index in [0.717, 1.165) is 0 Å². The smallest absolute Gasteiger partial charge is 0.167 e. The predicted molar refractivity (Wildman–Crippen MR) is 38.7 cm³/mol. The minimum atomic E-state index is -0.487. The summed E-state index contributed by atoms with van der Waals surface area (Å²) in [4.78, 5) is 11.2. The Morgan fingerprint density at radius 3 is 2.20 bits per heavy atom. The minimum Gasteiger partial charge on any atom is -0.370 e. The Balaban J connectivity index is 2.74. The third-order valence-electron chi connectivity index (χ3n) is 2.95. The zero-order chi connectivity index (χ0) is 7.94. The molecule has 3 atom stereocenters. The number of carbonyl (C=O) groups excluding carboxylic acids is 1. The number of hydrogen-bond donors (Lipinski definition) is 0. The van der Waals surface area contributed by atoms with Crippen molar-refractivity contribution >= 4 is 5.78 Å². The second-order valence-corrected chi connectivity index (χ2v) is 3.25.